The SMILES string of the molecule is Cc1ccc(NC(=O)C(=O)NCCO)nc1. The summed E-state index contributed by atoms with van der Waals surface area (Å²) in [5, 5.41) is 13.0. The summed E-state index contributed by atoms with van der Waals surface area (Å²) in [6.07, 6.45) is 1.58. The fraction of sp³-hybridized carbons (Fsp3) is 0.300. The molecular formula is C10H13N3O3. The largest absolute Gasteiger partial charge is 0.395 e. The third-order valence-corrected chi connectivity index (χ3v) is 1.76. The minimum atomic E-state index is -0.801. The molecule has 0 radical (unpaired) electrons. The van der Waals surface area contributed by atoms with E-state index in [1.165, 1.54) is 0 Å². The molecule has 0 bridgehead atoms. The van der Waals surface area contributed by atoms with Crippen molar-refractivity contribution in [3.63, 3.8) is 0 Å². The molecule has 6 nitrogen and oxygen atoms in total. The lowest BCUT2D eigenvalue weighted by Gasteiger charge is -2.04. The van der Waals surface area contributed by atoms with Gasteiger partial charge in [0.15, 0.2) is 0 Å². The number of carbonyl (C=O) groups is 2. The zero-order chi connectivity index (χ0) is 12.0. The van der Waals surface area contributed by atoms with Crippen LogP contribution in [0.25, 0.3) is 0 Å². The quantitative estimate of drug-likeness (QED) is 0.599. The number of hydrogen-bond donors (Lipinski definition) is 3. The predicted molar refractivity (Wildman–Crippen MR) is 57.7 cm³/mol. The Morgan fingerprint density at radius 1 is 1.38 bits per heavy atom. The molecule has 16 heavy (non-hydrogen) atoms. The minimum Gasteiger partial charge on any atom is -0.395 e. The molecule has 0 atom stereocenters. The van der Waals surface area contributed by atoms with Crippen LogP contribution in [0.1, 0.15) is 5.56 Å². The number of rotatable bonds is 3. The fourth-order valence-corrected chi connectivity index (χ4v) is 0.965. The average molecular weight is 223 g/mol. The van der Waals surface area contributed by atoms with Crippen LogP contribution in [0.3, 0.4) is 0 Å². The van der Waals surface area contributed by atoms with E-state index in [1.54, 1.807) is 18.3 Å². The molecule has 1 heterocycles. The van der Waals surface area contributed by atoms with Crippen molar-refractivity contribution in [1.29, 1.82) is 0 Å². The van der Waals surface area contributed by atoms with Gasteiger partial charge in [-0.05, 0) is 18.6 Å². The maximum absolute atomic E-state index is 11.3. The van der Waals surface area contributed by atoms with Gasteiger partial charge in [-0.1, -0.05) is 6.07 Å². The molecule has 0 aromatic carbocycles. The highest BCUT2D eigenvalue weighted by molar-refractivity contribution is 6.39. The number of amides is 2. The highest BCUT2D eigenvalue weighted by atomic mass is 16.3. The topological polar surface area (TPSA) is 91.3 Å². The Bertz CT molecular complexity index is 375. The van der Waals surface area contributed by atoms with Gasteiger partial charge in [0.2, 0.25) is 0 Å². The lowest BCUT2D eigenvalue weighted by atomic mass is 10.3. The molecule has 2 amide bonds. The van der Waals surface area contributed by atoms with Crippen LogP contribution in [0.4, 0.5) is 5.82 Å². The first-order valence-electron chi connectivity index (χ1n) is 4.76. The van der Waals surface area contributed by atoms with Gasteiger partial charge in [-0.3, -0.25) is 9.59 Å². The first-order valence-corrected chi connectivity index (χ1v) is 4.76. The van der Waals surface area contributed by atoms with Crippen LogP contribution >= 0.6 is 0 Å². The van der Waals surface area contributed by atoms with Crippen LogP contribution in [-0.4, -0.2) is 35.1 Å². The van der Waals surface area contributed by atoms with Crippen molar-refractivity contribution in [1.82, 2.24) is 10.3 Å². The number of aromatic nitrogens is 1. The van der Waals surface area contributed by atoms with E-state index in [0.717, 1.165) is 5.56 Å². The molecular weight excluding hydrogens is 210 g/mol. The molecule has 0 aliphatic carbocycles. The summed E-state index contributed by atoms with van der Waals surface area (Å²) in [6, 6.07) is 3.38. The smallest absolute Gasteiger partial charge is 0.314 e. The Hall–Kier alpha value is -1.95. The third-order valence-electron chi connectivity index (χ3n) is 1.76. The van der Waals surface area contributed by atoms with Gasteiger partial charge in [-0.25, -0.2) is 4.98 Å². The van der Waals surface area contributed by atoms with Crippen molar-refractivity contribution < 1.29 is 14.7 Å². The zero-order valence-corrected chi connectivity index (χ0v) is 8.86. The van der Waals surface area contributed by atoms with Crippen molar-refractivity contribution in [2.45, 2.75) is 6.92 Å². The molecule has 1 rings (SSSR count). The molecule has 0 saturated heterocycles. The monoisotopic (exact) mass is 223 g/mol. The fourth-order valence-electron chi connectivity index (χ4n) is 0.965. The number of hydrogen-bond acceptors (Lipinski definition) is 4. The average Bonchev–Trinajstić information content (AvgIpc) is 2.29. The van der Waals surface area contributed by atoms with Crippen molar-refractivity contribution in [3.8, 4) is 0 Å². The van der Waals surface area contributed by atoms with E-state index in [0.29, 0.717) is 5.82 Å². The van der Waals surface area contributed by atoms with E-state index in [-0.39, 0.29) is 13.2 Å². The Morgan fingerprint density at radius 3 is 2.69 bits per heavy atom. The summed E-state index contributed by atoms with van der Waals surface area (Å²) in [6.45, 7) is 1.71. The molecule has 86 valence electrons. The summed E-state index contributed by atoms with van der Waals surface area (Å²) in [5.41, 5.74) is 0.961. The van der Waals surface area contributed by atoms with Crippen LogP contribution in [-0.2, 0) is 9.59 Å². The van der Waals surface area contributed by atoms with Gasteiger partial charge in [-0.2, -0.15) is 0 Å². The number of aryl methyl sites for hydroxylation is 1. The normalized spacial score (nSPS) is 9.62. The molecule has 1 aromatic rings. The molecule has 0 aliphatic heterocycles. The first-order chi connectivity index (χ1) is 7.63. The van der Waals surface area contributed by atoms with E-state index in [1.807, 2.05) is 6.92 Å². The molecule has 6 heteroatoms. The van der Waals surface area contributed by atoms with Gasteiger partial charge in [-0.15, -0.1) is 0 Å². The van der Waals surface area contributed by atoms with E-state index in [4.69, 9.17) is 5.11 Å². The maximum Gasteiger partial charge on any atom is 0.314 e. The highest BCUT2D eigenvalue weighted by Crippen LogP contribution is 2.03. The van der Waals surface area contributed by atoms with Crippen LogP contribution in [0.15, 0.2) is 18.3 Å². The maximum atomic E-state index is 11.3. The van der Waals surface area contributed by atoms with Crippen molar-refractivity contribution in [3.05, 3.63) is 23.9 Å². The van der Waals surface area contributed by atoms with Crippen LogP contribution in [0, 0.1) is 6.92 Å². The summed E-state index contributed by atoms with van der Waals surface area (Å²) in [4.78, 5) is 26.3. The molecule has 0 unspecified atom stereocenters. The van der Waals surface area contributed by atoms with Gasteiger partial charge >= 0.3 is 11.8 Å². The second kappa shape index (κ2) is 5.82. The van der Waals surface area contributed by atoms with Gasteiger partial charge in [0.05, 0.1) is 6.61 Å². The first kappa shape index (κ1) is 12.1. The Morgan fingerprint density at radius 2 is 2.12 bits per heavy atom. The molecule has 0 aliphatic rings. The van der Waals surface area contributed by atoms with Crippen LogP contribution in [0.5, 0.6) is 0 Å². The van der Waals surface area contributed by atoms with E-state index < -0.39 is 11.8 Å². The highest BCUT2D eigenvalue weighted by Gasteiger charge is 2.12. The number of nitrogens with one attached hydrogen (secondary N) is 2. The second-order valence-electron chi connectivity index (χ2n) is 3.15. The molecule has 0 spiro atoms. The molecule has 3 N–H and O–H groups in total. The van der Waals surface area contributed by atoms with Crippen molar-refractivity contribution in [2.75, 3.05) is 18.5 Å². The number of pyridine rings is 1. The number of anilines is 1. The summed E-state index contributed by atoms with van der Waals surface area (Å²) in [5.74, 6) is -1.28. The van der Waals surface area contributed by atoms with Crippen LogP contribution < -0.4 is 10.6 Å². The van der Waals surface area contributed by atoms with E-state index in [9.17, 15) is 9.59 Å². The minimum absolute atomic E-state index is 0.0492. The number of aliphatic hydroxyl groups excluding tert-OH is 1. The molecule has 0 fully saturated rings. The van der Waals surface area contributed by atoms with Crippen LogP contribution in [0.2, 0.25) is 0 Å². The van der Waals surface area contributed by atoms with Crippen molar-refractivity contribution in [2.24, 2.45) is 0 Å². The van der Waals surface area contributed by atoms with Crippen molar-refractivity contribution >= 4 is 17.6 Å². The van der Waals surface area contributed by atoms with Gasteiger partial charge in [0.1, 0.15) is 5.82 Å². The van der Waals surface area contributed by atoms with E-state index >= 15 is 0 Å². The Balaban J connectivity index is 2.51. The number of carbonyl (C=O) groups excluding carboxylic acids is 2. The lowest BCUT2D eigenvalue weighted by molar-refractivity contribution is -0.136. The lowest BCUT2D eigenvalue weighted by Crippen LogP contribution is -2.37. The number of nitrogens with zero attached hydrogens (tertiary/aromatic N) is 1. The Labute approximate surface area is 92.7 Å². The summed E-state index contributed by atoms with van der Waals surface area (Å²) in [7, 11) is 0. The second-order valence-corrected chi connectivity index (χ2v) is 3.15. The van der Waals surface area contributed by atoms with Gasteiger partial charge in [0.25, 0.3) is 0 Å². The standard InChI is InChI=1S/C10H13N3O3/c1-7-2-3-8(12-6-7)13-10(16)9(15)11-4-5-14/h2-3,6,14H,4-5H2,1H3,(H,11,15)(H,12,13,16). The van der Waals surface area contributed by atoms with Gasteiger partial charge < -0.3 is 15.7 Å². The predicted octanol–water partition coefficient (Wildman–Crippen LogP) is -0.563. The molecule has 1 aromatic heterocycles. The van der Waals surface area contributed by atoms with E-state index in [2.05, 4.69) is 15.6 Å². The molecule has 0 saturated carbocycles. The number of aliphatic hydroxyl groups is 1. The summed E-state index contributed by atoms with van der Waals surface area (Å²) < 4.78 is 0. The summed E-state index contributed by atoms with van der Waals surface area (Å²) >= 11 is 0. The van der Waals surface area contributed by atoms with Gasteiger partial charge in [0, 0.05) is 12.7 Å². The Kier molecular flexibility index (Phi) is 4.41. The third kappa shape index (κ3) is 3.66. The zero-order valence-electron chi connectivity index (χ0n) is 8.86.